The zero-order valence-electron chi connectivity index (χ0n) is 17.2. The molecule has 1 amide bonds. The number of pyridine rings is 1. The summed E-state index contributed by atoms with van der Waals surface area (Å²) in [4.78, 5) is 27.9. The van der Waals surface area contributed by atoms with Crippen molar-refractivity contribution in [2.45, 2.75) is 33.1 Å². The normalized spacial score (nSPS) is 11.2. The van der Waals surface area contributed by atoms with Crippen LogP contribution in [0.15, 0.2) is 48.7 Å². The lowest BCUT2D eigenvalue weighted by Crippen LogP contribution is -2.16. The number of amides is 1. The second-order valence-electron chi connectivity index (χ2n) is 7.59. The molecule has 9 nitrogen and oxygen atoms in total. The summed E-state index contributed by atoms with van der Waals surface area (Å²) >= 11 is 0. The lowest BCUT2D eigenvalue weighted by atomic mass is 9.92. The van der Waals surface area contributed by atoms with E-state index in [-0.39, 0.29) is 29.0 Å². The maximum Gasteiger partial charge on any atom is 0.311 e. The quantitative estimate of drug-likeness (QED) is 0.484. The predicted molar refractivity (Wildman–Crippen MR) is 112 cm³/mol. The fourth-order valence-electron chi connectivity index (χ4n) is 2.76. The van der Waals surface area contributed by atoms with E-state index in [0.717, 1.165) is 5.69 Å². The predicted octanol–water partition coefficient (Wildman–Crippen LogP) is 4.12. The van der Waals surface area contributed by atoms with E-state index < -0.39 is 10.8 Å². The summed E-state index contributed by atoms with van der Waals surface area (Å²) in [6, 6.07) is 11.3. The van der Waals surface area contributed by atoms with Gasteiger partial charge in [0.15, 0.2) is 11.6 Å². The molecule has 0 fully saturated rings. The van der Waals surface area contributed by atoms with Crippen molar-refractivity contribution in [3.63, 3.8) is 0 Å². The number of nitrogens with one attached hydrogen (secondary N) is 1. The third-order valence-electron chi connectivity index (χ3n) is 4.30. The highest BCUT2D eigenvalue weighted by Gasteiger charge is 2.23. The van der Waals surface area contributed by atoms with Crippen LogP contribution in [-0.4, -0.2) is 32.2 Å². The molecule has 9 heteroatoms. The van der Waals surface area contributed by atoms with Gasteiger partial charge in [0.25, 0.3) is 5.91 Å². The number of nitro groups is 1. The summed E-state index contributed by atoms with van der Waals surface area (Å²) in [7, 11) is 0. The van der Waals surface area contributed by atoms with E-state index >= 15 is 0 Å². The van der Waals surface area contributed by atoms with Gasteiger partial charge in [0.05, 0.1) is 17.2 Å². The number of carbonyl (C=O) groups excluding carboxylic acids is 1. The summed E-state index contributed by atoms with van der Waals surface area (Å²) in [5.41, 5.74) is 0.382. The smallest absolute Gasteiger partial charge is 0.311 e. The van der Waals surface area contributed by atoms with Crippen LogP contribution in [0.1, 0.15) is 43.7 Å². The first-order valence-corrected chi connectivity index (χ1v) is 9.45. The molecule has 3 rings (SSSR count). The number of nitro benzene ring substituents is 1. The molecule has 0 aliphatic heterocycles. The van der Waals surface area contributed by atoms with E-state index in [1.165, 1.54) is 18.2 Å². The standard InChI is InChI=1S/C21H23N5O4/c1-5-30-16-10-9-14(12-15(16)26(28)29)20(27)23-19-13-17(21(2,3)4)24-25(19)18-8-6-7-11-22-18/h6-13H,5H2,1-4H3,(H,23,27). The molecule has 0 unspecified atom stereocenters. The van der Waals surface area contributed by atoms with Crippen molar-refractivity contribution in [2.75, 3.05) is 11.9 Å². The number of nitrogens with zero attached hydrogens (tertiary/aromatic N) is 4. The molecule has 0 radical (unpaired) electrons. The molecule has 2 heterocycles. The number of hydrogen-bond donors (Lipinski definition) is 1. The molecular weight excluding hydrogens is 386 g/mol. The molecular formula is C21H23N5O4. The zero-order chi connectivity index (χ0) is 21.9. The third-order valence-corrected chi connectivity index (χ3v) is 4.30. The van der Waals surface area contributed by atoms with Gasteiger partial charge in [0.2, 0.25) is 0 Å². The van der Waals surface area contributed by atoms with Crippen LogP contribution in [0, 0.1) is 10.1 Å². The Morgan fingerprint density at radius 1 is 1.23 bits per heavy atom. The van der Waals surface area contributed by atoms with Crippen molar-refractivity contribution >= 4 is 17.4 Å². The van der Waals surface area contributed by atoms with Crippen molar-refractivity contribution in [3.05, 3.63) is 70.0 Å². The van der Waals surface area contributed by atoms with Gasteiger partial charge in [-0.1, -0.05) is 26.8 Å². The molecule has 156 valence electrons. The van der Waals surface area contributed by atoms with Crippen LogP contribution >= 0.6 is 0 Å². The average Bonchev–Trinajstić information content (AvgIpc) is 3.13. The molecule has 0 atom stereocenters. The van der Waals surface area contributed by atoms with Crippen LogP contribution in [0.2, 0.25) is 0 Å². The van der Waals surface area contributed by atoms with E-state index in [1.54, 1.807) is 36.0 Å². The molecule has 3 aromatic rings. The largest absolute Gasteiger partial charge is 0.487 e. The van der Waals surface area contributed by atoms with E-state index in [2.05, 4.69) is 15.4 Å². The zero-order valence-corrected chi connectivity index (χ0v) is 17.2. The number of hydrogen-bond acceptors (Lipinski definition) is 6. The maximum absolute atomic E-state index is 12.9. The van der Waals surface area contributed by atoms with Crippen molar-refractivity contribution in [1.29, 1.82) is 0 Å². The van der Waals surface area contributed by atoms with Crippen LogP contribution in [0.3, 0.4) is 0 Å². The number of carbonyl (C=O) groups is 1. The Bertz CT molecular complexity index is 1070. The summed E-state index contributed by atoms with van der Waals surface area (Å²) < 4.78 is 6.82. The van der Waals surface area contributed by atoms with Crippen LogP contribution in [-0.2, 0) is 5.41 Å². The lowest BCUT2D eigenvalue weighted by molar-refractivity contribution is -0.385. The van der Waals surface area contributed by atoms with Crippen LogP contribution in [0.25, 0.3) is 5.82 Å². The van der Waals surface area contributed by atoms with E-state index in [9.17, 15) is 14.9 Å². The highest BCUT2D eigenvalue weighted by molar-refractivity contribution is 6.04. The van der Waals surface area contributed by atoms with Gasteiger partial charge < -0.3 is 10.1 Å². The molecule has 0 bridgehead atoms. The monoisotopic (exact) mass is 409 g/mol. The maximum atomic E-state index is 12.9. The van der Waals surface area contributed by atoms with Gasteiger partial charge >= 0.3 is 5.69 Å². The van der Waals surface area contributed by atoms with Gasteiger partial charge in [0.1, 0.15) is 5.82 Å². The molecule has 1 aromatic carbocycles. The number of anilines is 1. The third kappa shape index (κ3) is 4.45. The fraction of sp³-hybridized carbons (Fsp3) is 0.286. The molecule has 30 heavy (non-hydrogen) atoms. The Morgan fingerprint density at radius 3 is 2.60 bits per heavy atom. The number of rotatable bonds is 6. The summed E-state index contributed by atoms with van der Waals surface area (Å²) in [5.74, 6) is 0.576. The topological polar surface area (TPSA) is 112 Å². The highest BCUT2D eigenvalue weighted by Crippen LogP contribution is 2.29. The molecule has 0 spiro atoms. The Morgan fingerprint density at radius 2 is 2.00 bits per heavy atom. The lowest BCUT2D eigenvalue weighted by Gasteiger charge is -2.13. The van der Waals surface area contributed by atoms with Crippen LogP contribution in [0.4, 0.5) is 11.5 Å². The molecule has 0 saturated heterocycles. The average molecular weight is 409 g/mol. The summed E-state index contributed by atoms with van der Waals surface area (Å²) in [6.07, 6.45) is 1.63. The minimum absolute atomic E-state index is 0.118. The SMILES string of the molecule is CCOc1ccc(C(=O)Nc2cc(C(C)(C)C)nn2-c2ccccn2)cc1[N+](=O)[O-]. The van der Waals surface area contributed by atoms with Gasteiger partial charge in [-0.2, -0.15) is 9.78 Å². The Labute approximate surface area is 173 Å². The second-order valence-corrected chi connectivity index (χ2v) is 7.59. The number of benzene rings is 1. The minimum Gasteiger partial charge on any atom is -0.487 e. The molecule has 0 saturated carbocycles. The fourth-order valence-corrected chi connectivity index (χ4v) is 2.76. The minimum atomic E-state index is -0.572. The Balaban J connectivity index is 1.98. The van der Waals surface area contributed by atoms with E-state index in [1.807, 2.05) is 26.8 Å². The highest BCUT2D eigenvalue weighted by atomic mass is 16.6. The number of ether oxygens (including phenoxy) is 1. The number of aromatic nitrogens is 3. The van der Waals surface area contributed by atoms with Crippen LogP contribution < -0.4 is 10.1 Å². The van der Waals surface area contributed by atoms with Gasteiger partial charge in [-0.05, 0) is 31.2 Å². The van der Waals surface area contributed by atoms with Crippen molar-refractivity contribution in [2.24, 2.45) is 0 Å². The Kier molecular flexibility index (Phi) is 5.81. The van der Waals surface area contributed by atoms with Gasteiger partial charge in [0, 0.05) is 29.3 Å². The first kappa shape index (κ1) is 21.0. The summed E-state index contributed by atoms with van der Waals surface area (Å²) in [6.45, 7) is 8.06. The first-order valence-electron chi connectivity index (χ1n) is 9.45. The van der Waals surface area contributed by atoms with E-state index in [4.69, 9.17) is 4.74 Å². The van der Waals surface area contributed by atoms with Gasteiger partial charge in [-0.15, -0.1) is 0 Å². The molecule has 2 aromatic heterocycles. The van der Waals surface area contributed by atoms with Crippen molar-refractivity contribution in [3.8, 4) is 11.6 Å². The van der Waals surface area contributed by atoms with Gasteiger partial charge in [-0.3, -0.25) is 14.9 Å². The molecule has 1 N–H and O–H groups in total. The molecule has 0 aliphatic rings. The van der Waals surface area contributed by atoms with Crippen molar-refractivity contribution < 1.29 is 14.5 Å². The van der Waals surface area contributed by atoms with Crippen LogP contribution in [0.5, 0.6) is 5.75 Å². The summed E-state index contributed by atoms with van der Waals surface area (Å²) in [5, 5.41) is 18.7. The Hall–Kier alpha value is -3.75. The first-order chi connectivity index (χ1) is 14.2. The van der Waals surface area contributed by atoms with Crippen molar-refractivity contribution in [1.82, 2.24) is 14.8 Å². The second kappa shape index (κ2) is 8.32. The molecule has 0 aliphatic carbocycles. The van der Waals surface area contributed by atoms with E-state index in [0.29, 0.717) is 11.6 Å². The van der Waals surface area contributed by atoms with Gasteiger partial charge in [-0.25, -0.2) is 4.98 Å².